The smallest absolute Gasteiger partial charge is 0.150 e. The highest BCUT2D eigenvalue weighted by Crippen LogP contribution is 2.29. The molecule has 0 fully saturated rings. The molecule has 0 aliphatic heterocycles. The molecule has 1 aromatic heterocycles. The minimum Gasteiger partial charge on any atom is -0.485 e. The van der Waals surface area contributed by atoms with Crippen molar-refractivity contribution in [2.45, 2.75) is 39.7 Å². The molecular weight excluding hydrogens is 391 g/mol. The summed E-state index contributed by atoms with van der Waals surface area (Å²) >= 11 is 0. The number of halogens is 1. The second-order valence-electron chi connectivity index (χ2n) is 7.56. The zero-order chi connectivity index (χ0) is 22.1. The van der Waals surface area contributed by atoms with E-state index >= 15 is 0 Å². The van der Waals surface area contributed by atoms with E-state index in [2.05, 4.69) is 49.9 Å². The van der Waals surface area contributed by atoms with Gasteiger partial charge in [0, 0.05) is 36.3 Å². The Kier molecular flexibility index (Phi) is 8.65. The lowest BCUT2D eigenvalue weighted by molar-refractivity contribution is 0.0374. The quantitative estimate of drug-likeness (QED) is 0.320. The number of rotatable bonds is 12. The van der Waals surface area contributed by atoms with Crippen LogP contribution in [0, 0.1) is 0 Å². The first kappa shape index (κ1) is 23.0. The van der Waals surface area contributed by atoms with Crippen LogP contribution in [0.25, 0.3) is 22.2 Å². The van der Waals surface area contributed by atoms with E-state index in [0.29, 0.717) is 12.4 Å². The zero-order valence-corrected chi connectivity index (χ0v) is 18.8. The molecule has 1 heterocycles. The van der Waals surface area contributed by atoms with Crippen LogP contribution in [0.2, 0.25) is 0 Å². The fourth-order valence-electron chi connectivity index (χ4n) is 3.57. The third-order valence-corrected chi connectivity index (χ3v) is 5.40. The summed E-state index contributed by atoms with van der Waals surface area (Å²) in [6.45, 7) is 8.67. The molecule has 0 amide bonds. The van der Waals surface area contributed by atoms with E-state index in [1.807, 2.05) is 30.3 Å². The van der Waals surface area contributed by atoms with Crippen LogP contribution in [0.15, 0.2) is 54.6 Å². The van der Waals surface area contributed by atoms with Gasteiger partial charge in [0.05, 0.1) is 17.8 Å². The minimum absolute atomic E-state index is 0.247. The van der Waals surface area contributed by atoms with Crippen LogP contribution in [0.1, 0.15) is 33.6 Å². The molecule has 1 unspecified atom stereocenters. The number of hydrogen-bond acceptors (Lipinski definition) is 4. The summed E-state index contributed by atoms with van der Waals surface area (Å²) in [4.78, 5) is 7.14. The summed E-state index contributed by atoms with van der Waals surface area (Å²) in [5, 5.41) is 0.873. The number of pyridine rings is 1. The van der Waals surface area contributed by atoms with Crippen molar-refractivity contribution < 1.29 is 13.9 Å². The van der Waals surface area contributed by atoms with Gasteiger partial charge in [-0.3, -0.25) is 0 Å². The van der Waals surface area contributed by atoms with E-state index in [-0.39, 0.29) is 6.61 Å². The number of fused-ring (bicyclic) bond motifs is 1. The molecule has 0 N–H and O–H groups in total. The van der Waals surface area contributed by atoms with Gasteiger partial charge >= 0.3 is 0 Å². The number of nitrogens with zero attached hydrogens (tertiary/aromatic N) is 2. The van der Waals surface area contributed by atoms with Gasteiger partial charge in [-0.05, 0) is 56.7 Å². The molecule has 0 aliphatic carbocycles. The summed E-state index contributed by atoms with van der Waals surface area (Å²) in [5.41, 5.74) is 4.01. The number of hydrogen-bond donors (Lipinski definition) is 0. The molecule has 3 rings (SSSR count). The molecule has 0 bridgehead atoms. The first-order valence-electron chi connectivity index (χ1n) is 11.3. The molecule has 3 aromatic rings. The second-order valence-corrected chi connectivity index (χ2v) is 7.56. The highest BCUT2D eigenvalue weighted by atomic mass is 19.1. The van der Waals surface area contributed by atoms with Crippen molar-refractivity contribution in [2.24, 2.45) is 0 Å². The van der Waals surface area contributed by atoms with E-state index in [1.165, 1.54) is 5.69 Å². The highest BCUT2D eigenvalue weighted by Gasteiger charge is 2.14. The molecule has 0 radical (unpaired) electrons. The minimum atomic E-state index is -0.616. The topological polar surface area (TPSA) is 34.6 Å². The molecule has 1 atom stereocenters. The molecular formula is C26H33FN2O2. The summed E-state index contributed by atoms with van der Waals surface area (Å²) in [7, 11) is 0. The molecule has 0 spiro atoms. The standard InChI is InChI=1S/C26H33FN2O2/c1-4-7-17-30-19-22(18-27)31-26-10-8-9-25-23(26)15-16-24(28-25)20-11-13-21(14-12-20)29(5-2)6-3/h8-16,22H,4-7,17-19H2,1-3H3. The van der Waals surface area contributed by atoms with E-state index < -0.39 is 12.8 Å². The first-order chi connectivity index (χ1) is 15.2. The van der Waals surface area contributed by atoms with Gasteiger partial charge < -0.3 is 14.4 Å². The predicted molar refractivity (Wildman–Crippen MR) is 127 cm³/mol. The Balaban J connectivity index is 1.78. The number of ether oxygens (including phenoxy) is 2. The normalized spacial score (nSPS) is 12.1. The molecule has 31 heavy (non-hydrogen) atoms. The van der Waals surface area contributed by atoms with Gasteiger partial charge in [-0.25, -0.2) is 9.37 Å². The number of benzene rings is 2. The molecule has 0 aliphatic rings. The van der Waals surface area contributed by atoms with Gasteiger partial charge in [-0.15, -0.1) is 0 Å². The average molecular weight is 425 g/mol. The second kappa shape index (κ2) is 11.7. The molecule has 0 saturated heterocycles. The molecule has 5 heteroatoms. The van der Waals surface area contributed by atoms with E-state index in [9.17, 15) is 4.39 Å². The van der Waals surface area contributed by atoms with E-state index in [0.717, 1.165) is 48.1 Å². The number of alkyl halides is 1. The fourth-order valence-corrected chi connectivity index (χ4v) is 3.57. The average Bonchev–Trinajstić information content (AvgIpc) is 2.82. The fraction of sp³-hybridized carbons (Fsp3) is 0.423. The van der Waals surface area contributed by atoms with Crippen molar-refractivity contribution >= 4 is 16.6 Å². The van der Waals surface area contributed by atoms with E-state index in [4.69, 9.17) is 14.5 Å². The Labute approximate surface area is 185 Å². The maximum absolute atomic E-state index is 13.5. The van der Waals surface area contributed by atoms with Gasteiger partial charge in [0.2, 0.25) is 0 Å². The Morgan fingerprint density at radius 3 is 2.42 bits per heavy atom. The van der Waals surface area contributed by atoms with Gasteiger partial charge in [-0.1, -0.05) is 31.5 Å². The highest BCUT2D eigenvalue weighted by molar-refractivity contribution is 5.87. The van der Waals surface area contributed by atoms with Crippen LogP contribution in [0.5, 0.6) is 5.75 Å². The van der Waals surface area contributed by atoms with Gasteiger partial charge in [-0.2, -0.15) is 0 Å². The van der Waals surface area contributed by atoms with Crippen LogP contribution in [-0.2, 0) is 4.74 Å². The Morgan fingerprint density at radius 2 is 1.74 bits per heavy atom. The largest absolute Gasteiger partial charge is 0.485 e. The van der Waals surface area contributed by atoms with Crippen molar-refractivity contribution in [3.05, 3.63) is 54.6 Å². The Hall–Kier alpha value is -2.66. The zero-order valence-electron chi connectivity index (χ0n) is 18.8. The van der Waals surface area contributed by atoms with Crippen LogP contribution in [-0.4, -0.2) is 44.1 Å². The summed E-state index contributed by atoms with van der Waals surface area (Å²) < 4.78 is 24.9. The lowest BCUT2D eigenvalue weighted by Gasteiger charge is -2.21. The van der Waals surface area contributed by atoms with Crippen LogP contribution in [0.3, 0.4) is 0 Å². The third-order valence-electron chi connectivity index (χ3n) is 5.40. The van der Waals surface area contributed by atoms with Crippen molar-refractivity contribution in [2.75, 3.05) is 37.9 Å². The monoisotopic (exact) mass is 424 g/mol. The van der Waals surface area contributed by atoms with Crippen molar-refractivity contribution in [3.8, 4) is 17.0 Å². The van der Waals surface area contributed by atoms with Crippen LogP contribution < -0.4 is 9.64 Å². The van der Waals surface area contributed by atoms with Crippen molar-refractivity contribution in [1.29, 1.82) is 0 Å². The summed E-state index contributed by atoms with van der Waals surface area (Å²) in [6, 6.07) is 18.2. The van der Waals surface area contributed by atoms with Crippen LogP contribution >= 0.6 is 0 Å². The van der Waals surface area contributed by atoms with Crippen molar-refractivity contribution in [3.63, 3.8) is 0 Å². The number of aromatic nitrogens is 1. The lowest BCUT2D eigenvalue weighted by atomic mass is 10.1. The van der Waals surface area contributed by atoms with Gasteiger partial charge in [0.25, 0.3) is 0 Å². The maximum Gasteiger partial charge on any atom is 0.150 e. The Bertz CT molecular complexity index is 942. The molecule has 2 aromatic carbocycles. The van der Waals surface area contributed by atoms with Crippen molar-refractivity contribution in [1.82, 2.24) is 4.98 Å². The molecule has 166 valence electrons. The predicted octanol–water partition coefficient (Wildman–Crippen LogP) is 6.28. The third kappa shape index (κ3) is 5.95. The number of unbranched alkanes of at least 4 members (excludes halogenated alkanes) is 1. The van der Waals surface area contributed by atoms with Gasteiger partial charge in [0.1, 0.15) is 12.4 Å². The first-order valence-corrected chi connectivity index (χ1v) is 11.3. The lowest BCUT2D eigenvalue weighted by Crippen LogP contribution is -2.25. The summed E-state index contributed by atoms with van der Waals surface area (Å²) in [6.07, 6.45) is 1.40. The SMILES string of the molecule is CCCCOCC(CF)Oc1cccc2nc(-c3ccc(N(CC)CC)cc3)ccc12. The summed E-state index contributed by atoms with van der Waals surface area (Å²) in [5.74, 6) is 0.634. The molecule has 4 nitrogen and oxygen atoms in total. The Morgan fingerprint density at radius 1 is 0.968 bits per heavy atom. The van der Waals surface area contributed by atoms with E-state index in [1.54, 1.807) is 0 Å². The van der Waals surface area contributed by atoms with Gasteiger partial charge in [0.15, 0.2) is 6.10 Å². The number of anilines is 1. The molecule has 0 saturated carbocycles. The van der Waals surface area contributed by atoms with Crippen LogP contribution in [0.4, 0.5) is 10.1 Å². The maximum atomic E-state index is 13.5.